The number of nitrogens with two attached hydrogens (primary N) is 1. The van der Waals surface area contributed by atoms with Gasteiger partial charge in [0.15, 0.2) is 0 Å². The average molecular weight is 255 g/mol. The molecule has 2 atom stereocenters. The van der Waals surface area contributed by atoms with E-state index in [1.54, 1.807) is 0 Å². The Morgan fingerprint density at radius 1 is 1.16 bits per heavy atom. The van der Waals surface area contributed by atoms with Crippen molar-refractivity contribution in [2.75, 3.05) is 11.9 Å². The van der Waals surface area contributed by atoms with Crippen LogP contribution in [0.25, 0.3) is 10.9 Å². The first kappa shape index (κ1) is 12.4. The van der Waals surface area contributed by atoms with E-state index >= 15 is 0 Å². The number of para-hydroxylation sites is 1. The van der Waals surface area contributed by atoms with Gasteiger partial charge < -0.3 is 11.1 Å². The molecule has 0 radical (unpaired) electrons. The van der Waals surface area contributed by atoms with Gasteiger partial charge in [-0.3, -0.25) is 4.98 Å². The normalized spacial score (nSPS) is 23.4. The van der Waals surface area contributed by atoms with Crippen molar-refractivity contribution >= 4 is 16.6 Å². The summed E-state index contributed by atoms with van der Waals surface area (Å²) in [5.41, 5.74) is 8.11. The third kappa shape index (κ3) is 2.56. The van der Waals surface area contributed by atoms with Gasteiger partial charge in [-0.1, -0.05) is 31.0 Å². The molecule has 0 aliphatic heterocycles. The largest absolute Gasteiger partial charge is 0.380 e. The molecule has 3 nitrogen and oxygen atoms in total. The number of nitrogens with one attached hydrogen (secondary N) is 1. The molecule has 100 valence electrons. The number of fused-ring (bicyclic) bond motifs is 1. The first-order valence-corrected chi connectivity index (χ1v) is 7.19. The van der Waals surface area contributed by atoms with Crippen LogP contribution in [0.1, 0.15) is 25.7 Å². The molecule has 1 aliphatic rings. The van der Waals surface area contributed by atoms with E-state index in [0.29, 0.717) is 12.0 Å². The molecule has 0 bridgehead atoms. The Balaban J connectivity index is 1.88. The van der Waals surface area contributed by atoms with Gasteiger partial charge in [0.05, 0.1) is 11.2 Å². The fraction of sp³-hybridized carbons (Fsp3) is 0.438. The number of hydrogen-bond acceptors (Lipinski definition) is 3. The highest BCUT2D eigenvalue weighted by Crippen LogP contribution is 2.29. The molecule has 3 rings (SSSR count). The number of nitrogens with zero attached hydrogens (tertiary/aromatic N) is 1. The topological polar surface area (TPSA) is 50.9 Å². The van der Waals surface area contributed by atoms with Crippen LogP contribution in [0.5, 0.6) is 0 Å². The highest BCUT2D eigenvalue weighted by molar-refractivity contribution is 5.90. The summed E-state index contributed by atoms with van der Waals surface area (Å²) in [7, 11) is 0. The van der Waals surface area contributed by atoms with Crippen LogP contribution in [0, 0.1) is 5.92 Å². The van der Waals surface area contributed by atoms with E-state index in [4.69, 9.17) is 5.73 Å². The average Bonchev–Trinajstić information content (AvgIpc) is 2.48. The van der Waals surface area contributed by atoms with Gasteiger partial charge in [0, 0.05) is 17.6 Å². The fourth-order valence-corrected chi connectivity index (χ4v) is 3.10. The summed E-state index contributed by atoms with van der Waals surface area (Å²) in [6, 6.07) is 10.9. The maximum absolute atomic E-state index is 5.90. The molecule has 1 aromatic carbocycles. The Labute approximate surface area is 114 Å². The molecule has 1 aromatic heterocycles. The molecule has 0 spiro atoms. The zero-order valence-electron chi connectivity index (χ0n) is 11.2. The lowest BCUT2D eigenvalue weighted by Gasteiger charge is -2.32. The summed E-state index contributed by atoms with van der Waals surface area (Å²) in [6.07, 6.45) is 6.92. The molecule has 1 saturated carbocycles. The van der Waals surface area contributed by atoms with E-state index < -0.39 is 0 Å². The summed E-state index contributed by atoms with van der Waals surface area (Å²) in [4.78, 5) is 4.50. The van der Waals surface area contributed by atoms with E-state index in [1.807, 2.05) is 12.3 Å². The Hall–Kier alpha value is -1.61. The Morgan fingerprint density at radius 3 is 2.89 bits per heavy atom. The molecule has 3 heteroatoms. The summed E-state index contributed by atoms with van der Waals surface area (Å²) in [6.45, 7) is 0.774. The van der Waals surface area contributed by atoms with Crippen molar-refractivity contribution in [2.45, 2.75) is 31.7 Å². The van der Waals surface area contributed by atoms with Crippen LogP contribution in [0.4, 0.5) is 5.69 Å². The maximum atomic E-state index is 5.90. The highest BCUT2D eigenvalue weighted by atomic mass is 14.9. The van der Waals surface area contributed by atoms with Crippen molar-refractivity contribution in [3.8, 4) is 0 Å². The zero-order valence-corrected chi connectivity index (χ0v) is 11.2. The lowest BCUT2D eigenvalue weighted by molar-refractivity contribution is 0.333. The maximum Gasteiger partial charge on any atom is 0.0933 e. The number of hydrogen-bond donors (Lipinski definition) is 2. The predicted octanol–water partition coefficient (Wildman–Crippen LogP) is 3.16. The first-order chi connectivity index (χ1) is 9.38. The van der Waals surface area contributed by atoms with Crippen molar-refractivity contribution < 1.29 is 0 Å². The van der Waals surface area contributed by atoms with Crippen molar-refractivity contribution in [2.24, 2.45) is 11.7 Å². The molecule has 1 heterocycles. The molecular formula is C16H21N3. The standard InChI is InChI=1S/C16H21N3/c17-11-13-5-1-2-8-14(13)19-15-9-3-6-12-7-4-10-18-16(12)15/h3-4,6-7,9-10,13-14,19H,1-2,5,8,11,17H2. The lowest BCUT2D eigenvalue weighted by atomic mass is 9.84. The SMILES string of the molecule is NCC1CCCCC1Nc1cccc2cccnc12. The van der Waals surface area contributed by atoms with E-state index in [0.717, 1.165) is 17.7 Å². The summed E-state index contributed by atoms with van der Waals surface area (Å²) in [5.74, 6) is 0.590. The summed E-state index contributed by atoms with van der Waals surface area (Å²) < 4.78 is 0. The summed E-state index contributed by atoms with van der Waals surface area (Å²) in [5, 5.41) is 4.87. The quantitative estimate of drug-likeness (QED) is 0.885. The fourth-order valence-electron chi connectivity index (χ4n) is 3.10. The number of rotatable bonds is 3. The molecule has 1 fully saturated rings. The predicted molar refractivity (Wildman–Crippen MR) is 80.2 cm³/mol. The molecule has 0 amide bonds. The van der Waals surface area contributed by atoms with Crippen molar-refractivity contribution in [3.05, 3.63) is 36.5 Å². The van der Waals surface area contributed by atoms with Gasteiger partial charge in [-0.2, -0.15) is 0 Å². The second-order valence-electron chi connectivity index (χ2n) is 5.41. The van der Waals surface area contributed by atoms with Crippen LogP contribution in [0.2, 0.25) is 0 Å². The Morgan fingerprint density at radius 2 is 2.00 bits per heavy atom. The van der Waals surface area contributed by atoms with Gasteiger partial charge in [0.2, 0.25) is 0 Å². The Bertz CT molecular complexity index is 547. The van der Waals surface area contributed by atoms with Crippen molar-refractivity contribution in [3.63, 3.8) is 0 Å². The molecule has 2 aromatic rings. The Kier molecular flexibility index (Phi) is 3.65. The first-order valence-electron chi connectivity index (χ1n) is 7.19. The zero-order chi connectivity index (χ0) is 13.1. The van der Waals surface area contributed by atoms with E-state index in [1.165, 1.54) is 31.1 Å². The third-order valence-electron chi connectivity index (χ3n) is 4.19. The van der Waals surface area contributed by atoms with Crippen LogP contribution in [-0.4, -0.2) is 17.6 Å². The van der Waals surface area contributed by atoms with Crippen LogP contribution in [-0.2, 0) is 0 Å². The minimum Gasteiger partial charge on any atom is -0.380 e. The van der Waals surface area contributed by atoms with Crippen LogP contribution in [0.15, 0.2) is 36.5 Å². The van der Waals surface area contributed by atoms with Crippen LogP contribution < -0.4 is 11.1 Å². The number of pyridine rings is 1. The molecule has 3 N–H and O–H groups in total. The van der Waals surface area contributed by atoms with Crippen molar-refractivity contribution in [1.29, 1.82) is 0 Å². The third-order valence-corrected chi connectivity index (χ3v) is 4.19. The van der Waals surface area contributed by atoms with Gasteiger partial charge in [-0.25, -0.2) is 0 Å². The molecular weight excluding hydrogens is 234 g/mol. The molecule has 2 unspecified atom stereocenters. The van der Waals surface area contributed by atoms with E-state index in [2.05, 4.69) is 34.6 Å². The van der Waals surface area contributed by atoms with E-state index in [-0.39, 0.29) is 0 Å². The highest BCUT2D eigenvalue weighted by Gasteiger charge is 2.24. The number of aromatic nitrogens is 1. The minimum absolute atomic E-state index is 0.492. The smallest absolute Gasteiger partial charge is 0.0933 e. The monoisotopic (exact) mass is 255 g/mol. The second kappa shape index (κ2) is 5.57. The minimum atomic E-state index is 0.492. The number of anilines is 1. The van der Waals surface area contributed by atoms with Crippen LogP contribution >= 0.6 is 0 Å². The lowest BCUT2D eigenvalue weighted by Crippen LogP contribution is -2.36. The van der Waals surface area contributed by atoms with Gasteiger partial charge in [-0.05, 0) is 37.4 Å². The summed E-state index contributed by atoms with van der Waals surface area (Å²) >= 11 is 0. The van der Waals surface area contributed by atoms with Gasteiger partial charge in [0.25, 0.3) is 0 Å². The van der Waals surface area contributed by atoms with Gasteiger partial charge in [-0.15, -0.1) is 0 Å². The van der Waals surface area contributed by atoms with Gasteiger partial charge >= 0.3 is 0 Å². The van der Waals surface area contributed by atoms with Crippen molar-refractivity contribution in [1.82, 2.24) is 4.98 Å². The van der Waals surface area contributed by atoms with E-state index in [9.17, 15) is 0 Å². The molecule has 1 aliphatic carbocycles. The van der Waals surface area contributed by atoms with Gasteiger partial charge in [0.1, 0.15) is 0 Å². The second-order valence-corrected chi connectivity index (χ2v) is 5.41. The molecule has 19 heavy (non-hydrogen) atoms. The number of benzene rings is 1. The molecule has 0 saturated heterocycles. The van der Waals surface area contributed by atoms with Crippen LogP contribution in [0.3, 0.4) is 0 Å².